The molecule has 0 unspecified atom stereocenters. The van der Waals surface area contributed by atoms with Gasteiger partial charge in [0.2, 0.25) is 0 Å². The maximum atomic E-state index is 10.9. The highest BCUT2D eigenvalue weighted by Crippen LogP contribution is 2.08. The lowest BCUT2D eigenvalue weighted by Crippen LogP contribution is -2.03. The van der Waals surface area contributed by atoms with E-state index in [9.17, 15) is 4.79 Å². The summed E-state index contributed by atoms with van der Waals surface area (Å²) in [5.74, 6) is -0.0939. The number of carbonyl (C=O) groups excluding carboxylic acids is 1. The first-order valence-corrected chi connectivity index (χ1v) is 6.43. The number of esters is 1. The van der Waals surface area contributed by atoms with E-state index in [1.54, 1.807) is 0 Å². The van der Waals surface area contributed by atoms with Crippen LogP contribution in [0.2, 0.25) is 0 Å². The number of hydrogen-bond acceptors (Lipinski definition) is 2. The molecule has 0 spiro atoms. The van der Waals surface area contributed by atoms with Gasteiger partial charge < -0.3 is 4.74 Å². The maximum Gasteiger partial charge on any atom is 0.305 e. The largest absolute Gasteiger partial charge is 0.466 e. The third kappa shape index (κ3) is 6.10. The Hall–Kier alpha value is -1.31. The molecule has 0 heterocycles. The number of unbranched alkanes of at least 4 members (excludes halogenated alkanes) is 2. The number of benzene rings is 1. The normalized spacial score (nSPS) is 10.2. The van der Waals surface area contributed by atoms with Gasteiger partial charge in [0.05, 0.1) is 6.61 Å². The first-order chi connectivity index (χ1) is 8.22. The average molecular weight is 234 g/mol. The van der Waals surface area contributed by atoms with E-state index in [-0.39, 0.29) is 5.97 Å². The lowest BCUT2D eigenvalue weighted by Gasteiger charge is -2.04. The Bertz CT molecular complexity index is 327. The van der Waals surface area contributed by atoms with Crippen LogP contribution in [-0.4, -0.2) is 12.6 Å². The van der Waals surface area contributed by atoms with Crippen molar-refractivity contribution in [3.8, 4) is 0 Å². The van der Waals surface area contributed by atoms with Crippen LogP contribution >= 0.6 is 0 Å². The van der Waals surface area contributed by atoms with Gasteiger partial charge >= 0.3 is 5.97 Å². The van der Waals surface area contributed by atoms with Crippen molar-refractivity contribution in [3.63, 3.8) is 0 Å². The Morgan fingerprint density at radius 2 is 1.82 bits per heavy atom. The van der Waals surface area contributed by atoms with E-state index < -0.39 is 0 Å². The van der Waals surface area contributed by atoms with Crippen molar-refractivity contribution in [2.24, 2.45) is 0 Å². The minimum atomic E-state index is -0.0939. The smallest absolute Gasteiger partial charge is 0.305 e. The van der Waals surface area contributed by atoms with Gasteiger partial charge in [0.25, 0.3) is 0 Å². The molecule has 1 rings (SSSR count). The van der Waals surface area contributed by atoms with Gasteiger partial charge in [0, 0.05) is 6.42 Å². The average Bonchev–Trinajstić information content (AvgIpc) is 2.35. The van der Waals surface area contributed by atoms with E-state index >= 15 is 0 Å². The van der Waals surface area contributed by atoms with Crippen LogP contribution in [0, 0.1) is 6.92 Å². The van der Waals surface area contributed by atoms with E-state index in [0.717, 1.165) is 25.7 Å². The zero-order chi connectivity index (χ0) is 12.5. The molecule has 0 aliphatic rings. The molecule has 17 heavy (non-hydrogen) atoms. The third-order valence-electron chi connectivity index (χ3n) is 2.78. The first-order valence-electron chi connectivity index (χ1n) is 6.43. The van der Waals surface area contributed by atoms with Crippen LogP contribution in [0.25, 0.3) is 0 Å². The summed E-state index contributed by atoms with van der Waals surface area (Å²) in [4.78, 5) is 10.9. The Morgan fingerprint density at radius 1 is 1.12 bits per heavy atom. The van der Waals surface area contributed by atoms with Crippen LogP contribution in [-0.2, 0) is 16.0 Å². The summed E-state index contributed by atoms with van der Waals surface area (Å²) in [6.07, 6.45) is 4.83. The highest BCUT2D eigenvalue weighted by Gasteiger charge is 1.98. The fraction of sp³-hybridized carbons (Fsp3) is 0.533. The summed E-state index contributed by atoms with van der Waals surface area (Å²) < 4.78 is 5.02. The van der Waals surface area contributed by atoms with Crippen LogP contribution in [0.3, 0.4) is 0 Å². The molecule has 0 fully saturated rings. The lowest BCUT2D eigenvalue weighted by atomic mass is 10.1. The maximum absolute atomic E-state index is 10.9. The molecule has 0 bridgehead atoms. The fourth-order valence-electron chi connectivity index (χ4n) is 1.65. The molecule has 2 nitrogen and oxygen atoms in total. The first kappa shape index (κ1) is 13.8. The molecule has 2 heteroatoms. The van der Waals surface area contributed by atoms with Gasteiger partial charge in [-0.2, -0.15) is 0 Å². The number of hydrogen-bond donors (Lipinski definition) is 0. The highest BCUT2D eigenvalue weighted by molar-refractivity contribution is 5.68. The third-order valence-corrected chi connectivity index (χ3v) is 2.78. The van der Waals surface area contributed by atoms with Crippen molar-refractivity contribution in [2.45, 2.75) is 46.0 Å². The highest BCUT2D eigenvalue weighted by atomic mass is 16.5. The number of ether oxygens (including phenoxy) is 1. The fourth-order valence-corrected chi connectivity index (χ4v) is 1.65. The zero-order valence-corrected chi connectivity index (χ0v) is 10.9. The van der Waals surface area contributed by atoms with Gasteiger partial charge in [-0.1, -0.05) is 36.8 Å². The molecular formula is C15H22O2. The van der Waals surface area contributed by atoms with E-state index in [1.807, 2.05) is 6.92 Å². The summed E-state index contributed by atoms with van der Waals surface area (Å²) in [5, 5.41) is 0. The molecular weight excluding hydrogens is 212 g/mol. The summed E-state index contributed by atoms with van der Waals surface area (Å²) in [6.45, 7) is 4.49. The van der Waals surface area contributed by atoms with Gasteiger partial charge in [0.15, 0.2) is 0 Å². The predicted octanol–water partition coefficient (Wildman–Crippen LogP) is 3.66. The van der Waals surface area contributed by atoms with Crippen LogP contribution < -0.4 is 0 Å². The molecule has 0 atom stereocenters. The summed E-state index contributed by atoms with van der Waals surface area (Å²) in [6, 6.07) is 8.68. The van der Waals surface area contributed by atoms with Crippen molar-refractivity contribution in [1.29, 1.82) is 0 Å². The monoisotopic (exact) mass is 234 g/mol. The number of rotatable bonds is 7. The van der Waals surface area contributed by atoms with E-state index in [2.05, 4.69) is 31.2 Å². The van der Waals surface area contributed by atoms with Crippen molar-refractivity contribution >= 4 is 5.97 Å². The molecule has 0 radical (unpaired) electrons. The zero-order valence-electron chi connectivity index (χ0n) is 10.9. The molecule has 0 aromatic heterocycles. The lowest BCUT2D eigenvalue weighted by molar-refractivity contribution is -0.143. The molecule has 0 saturated carbocycles. The summed E-state index contributed by atoms with van der Waals surface area (Å²) >= 11 is 0. The van der Waals surface area contributed by atoms with E-state index in [0.29, 0.717) is 13.0 Å². The van der Waals surface area contributed by atoms with Gasteiger partial charge in [-0.25, -0.2) is 0 Å². The predicted molar refractivity (Wildman–Crippen MR) is 70.0 cm³/mol. The van der Waals surface area contributed by atoms with Gasteiger partial charge in [0.1, 0.15) is 0 Å². The minimum absolute atomic E-state index is 0.0939. The van der Waals surface area contributed by atoms with E-state index in [1.165, 1.54) is 11.1 Å². The topological polar surface area (TPSA) is 26.3 Å². The SMILES string of the molecule is CCC(=O)OCCCCCc1ccc(C)cc1. The van der Waals surface area contributed by atoms with Crippen molar-refractivity contribution in [3.05, 3.63) is 35.4 Å². The van der Waals surface area contributed by atoms with Gasteiger partial charge in [-0.05, 0) is 38.2 Å². The molecule has 94 valence electrons. The van der Waals surface area contributed by atoms with Crippen LogP contribution in [0.1, 0.15) is 43.7 Å². The van der Waals surface area contributed by atoms with Crippen LogP contribution in [0.4, 0.5) is 0 Å². The minimum Gasteiger partial charge on any atom is -0.466 e. The van der Waals surface area contributed by atoms with Gasteiger partial charge in [-0.15, -0.1) is 0 Å². The van der Waals surface area contributed by atoms with Gasteiger partial charge in [-0.3, -0.25) is 4.79 Å². The molecule has 0 saturated heterocycles. The second-order valence-corrected chi connectivity index (χ2v) is 4.37. The van der Waals surface area contributed by atoms with Crippen molar-refractivity contribution in [1.82, 2.24) is 0 Å². The Labute approximate surface area is 104 Å². The second-order valence-electron chi connectivity index (χ2n) is 4.37. The molecule has 0 aliphatic carbocycles. The Morgan fingerprint density at radius 3 is 2.47 bits per heavy atom. The quantitative estimate of drug-likeness (QED) is 0.531. The summed E-state index contributed by atoms with van der Waals surface area (Å²) in [5.41, 5.74) is 2.70. The Balaban J connectivity index is 2.04. The van der Waals surface area contributed by atoms with E-state index in [4.69, 9.17) is 4.74 Å². The Kier molecular flexibility index (Phi) is 6.38. The number of aryl methyl sites for hydroxylation is 2. The van der Waals surface area contributed by atoms with Crippen molar-refractivity contribution < 1.29 is 9.53 Å². The molecule has 1 aromatic carbocycles. The van der Waals surface area contributed by atoms with Crippen LogP contribution in [0.15, 0.2) is 24.3 Å². The van der Waals surface area contributed by atoms with Crippen LogP contribution in [0.5, 0.6) is 0 Å². The standard InChI is InChI=1S/C15H22O2/c1-3-15(16)17-12-6-4-5-7-14-10-8-13(2)9-11-14/h8-11H,3-7,12H2,1-2H3. The molecule has 0 amide bonds. The van der Waals surface area contributed by atoms with Crippen molar-refractivity contribution in [2.75, 3.05) is 6.61 Å². The number of carbonyl (C=O) groups is 1. The molecule has 1 aromatic rings. The summed E-state index contributed by atoms with van der Waals surface area (Å²) in [7, 11) is 0. The molecule has 0 N–H and O–H groups in total. The second kappa shape index (κ2) is 7.88. The molecule has 0 aliphatic heterocycles.